The molecule has 1 aliphatic heterocycles. The Morgan fingerprint density at radius 3 is 2.29 bits per heavy atom. The number of hydrogen-bond acceptors (Lipinski definition) is 6. The van der Waals surface area contributed by atoms with Crippen LogP contribution < -0.4 is 4.90 Å². The van der Waals surface area contributed by atoms with Crippen molar-refractivity contribution in [2.24, 2.45) is 0 Å². The third-order valence-electron chi connectivity index (χ3n) is 6.32. The van der Waals surface area contributed by atoms with Gasteiger partial charge in [0.2, 0.25) is 11.8 Å². The maximum Gasteiger partial charge on any atom is 0.242 e. The van der Waals surface area contributed by atoms with E-state index in [-0.39, 0.29) is 24.2 Å². The minimum atomic E-state index is -0.285. The molecule has 8 nitrogen and oxygen atoms in total. The molecule has 1 aliphatic rings. The molecule has 2 heterocycles. The molecule has 0 N–H and O–H groups in total. The first kappa shape index (κ1) is 25.6. The summed E-state index contributed by atoms with van der Waals surface area (Å²) < 4.78 is 13.2. The van der Waals surface area contributed by atoms with Crippen LogP contribution in [0.25, 0.3) is 11.3 Å². The Morgan fingerprint density at radius 2 is 1.68 bits per heavy atom. The van der Waals surface area contributed by atoms with Gasteiger partial charge >= 0.3 is 0 Å². The summed E-state index contributed by atoms with van der Waals surface area (Å²) >= 11 is 0. The number of carbonyl (C=O) groups is 2. The fraction of sp³-hybridized carbons (Fsp3) is 0.520. The molecule has 184 valence electrons. The highest BCUT2D eigenvalue weighted by atomic mass is 19.1. The van der Waals surface area contributed by atoms with Crippen LogP contribution in [0.15, 0.2) is 36.4 Å². The number of likely N-dealkylation sites (N-methyl/N-ethyl adjacent to an activating group) is 1. The molecule has 0 bridgehead atoms. The number of halogens is 1. The summed E-state index contributed by atoms with van der Waals surface area (Å²) in [6, 6.07) is 9.96. The summed E-state index contributed by atoms with van der Waals surface area (Å²) in [4.78, 5) is 32.9. The zero-order chi connectivity index (χ0) is 24.5. The van der Waals surface area contributed by atoms with Gasteiger partial charge in [0.05, 0.1) is 12.2 Å². The van der Waals surface area contributed by atoms with Crippen molar-refractivity contribution in [3.63, 3.8) is 0 Å². The molecule has 1 saturated heterocycles. The summed E-state index contributed by atoms with van der Waals surface area (Å²) in [5, 5.41) is 8.67. The lowest BCUT2D eigenvalue weighted by molar-refractivity contribution is -0.139. The Labute approximate surface area is 201 Å². The van der Waals surface area contributed by atoms with Gasteiger partial charge in [-0.25, -0.2) is 4.39 Å². The number of rotatable bonds is 9. The van der Waals surface area contributed by atoms with Crippen LogP contribution in [0, 0.1) is 5.82 Å². The molecule has 9 heteroatoms. The first-order valence-electron chi connectivity index (χ1n) is 12.0. The average Bonchev–Trinajstić information content (AvgIpc) is 3.11. The zero-order valence-corrected chi connectivity index (χ0v) is 20.4. The highest BCUT2D eigenvalue weighted by Gasteiger charge is 2.23. The van der Waals surface area contributed by atoms with Gasteiger partial charge in [-0.2, -0.15) is 0 Å². The minimum absolute atomic E-state index is 0.0191. The van der Waals surface area contributed by atoms with Crippen LogP contribution in [0.3, 0.4) is 0 Å². The second kappa shape index (κ2) is 12.4. The lowest BCUT2D eigenvalue weighted by Gasteiger charge is -2.28. The van der Waals surface area contributed by atoms with Crippen LogP contribution in [0.5, 0.6) is 0 Å². The summed E-state index contributed by atoms with van der Waals surface area (Å²) in [5.41, 5.74) is 1.49. The van der Waals surface area contributed by atoms with Crippen LogP contribution in [-0.2, 0) is 9.59 Å². The predicted molar refractivity (Wildman–Crippen MR) is 131 cm³/mol. The van der Waals surface area contributed by atoms with Gasteiger partial charge in [-0.1, -0.05) is 13.8 Å². The van der Waals surface area contributed by atoms with Crippen LogP contribution in [-0.4, -0.2) is 95.6 Å². The van der Waals surface area contributed by atoms with E-state index < -0.39 is 0 Å². The van der Waals surface area contributed by atoms with E-state index in [1.165, 1.54) is 19.1 Å². The number of anilines is 1. The van der Waals surface area contributed by atoms with Crippen molar-refractivity contribution in [2.75, 3.05) is 63.8 Å². The van der Waals surface area contributed by atoms with Gasteiger partial charge < -0.3 is 19.6 Å². The lowest BCUT2D eigenvalue weighted by atomic mass is 10.1. The van der Waals surface area contributed by atoms with Gasteiger partial charge in [0.1, 0.15) is 5.82 Å². The van der Waals surface area contributed by atoms with E-state index in [0.717, 1.165) is 44.0 Å². The number of nitrogens with zero attached hydrogens (tertiary/aromatic N) is 6. The van der Waals surface area contributed by atoms with Gasteiger partial charge in [-0.3, -0.25) is 9.59 Å². The molecule has 3 rings (SSSR count). The number of aromatic nitrogens is 2. The van der Waals surface area contributed by atoms with Crippen molar-refractivity contribution < 1.29 is 14.0 Å². The number of amides is 2. The second-order valence-electron chi connectivity index (χ2n) is 8.47. The van der Waals surface area contributed by atoms with Gasteiger partial charge in [0.25, 0.3) is 0 Å². The average molecular weight is 471 g/mol. The predicted octanol–water partition coefficient (Wildman–Crippen LogP) is 2.51. The highest BCUT2D eigenvalue weighted by molar-refractivity contribution is 5.84. The largest absolute Gasteiger partial charge is 0.353 e. The fourth-order valence-corrected chi connectivity index (χ4v) is 4.08. The third-order valence-corrected chi connectivity index (χ3v) is 6.32. The smallest absolute Gasteiger partial charge is 0.242 e. The summed E-state index contributed by atoms with van der Waals surface area (Å²) in [5.74, 6) is 0.375. The molecule has 1 fully saturated rings. The number of hydrogen-bond donors (Lipinski definition) is 0. The van der Waals surface area contributed by atoms with E-state index in [0.29, 0.717) is 31.9 Å². The third kappa shape index (κ3) is 6.96. The van der Waals surface area contributed by atoms with E-state index >= 15 is 0 Å². The fourth-order valence-electron chi connectivity index (χ4n) is 4.08. The molecule has 2 amide bonds. The standard InChI is InChI=1S/C25H35FN6O2/c1-4-29(5-2)15-16-32(20(3)33)19-25(34)31-14-6-13-30(17-18-31)24-12-11-23(27-28-24)21-7-9-22(26)10-8-21/h7-12H,4-6,13-19H2,1-3H3. The lowest BCUT2D eigenvalue weighted by Crippen LogP contribution is -2.46. The van der Waals surface area contributed by atoms with Crippen molar-refractivity contribution in [3.8, 4) is 11.3 Å². The zero-order valence-electron chi connectivity index (χ0n) is 20.4. The first-order valence-corrected chi connectivity index (χ1v) is 12.0. The van der Waals surface area contributed by atoms with Gasteiger partial charge in [-0.05, 0) is 55.9 Å². The molecule has 0 radical (unpaired) electrons. The Balaban J connectivity index is 1.56. The Bertz CT molecular complexity index is 933. The van der Waals surface area contributed by atoms with Gasteiger partial charge in [0, 0.05) is 51.8 Å². The quantitative estimate of drug-likeness (QED) is 0.561. The van der Waals surface area contributed by atoms with E-state index in [1.54, 1.807) is 17.0 Å². The normalized spacial score (nSPS) is 14.3. The van der Waals surface area contributed by atoms with E-state index in [2.05, 4.69) is 33.8 Å². The van der Waals surface area contributed by atoms with E-state index in [4.69, 9.17) is 0 Å². The SMILES string of the molecule is CCN(CC)CCN(CC(=O)N1CCCN(c2ccc(-c3ccc(F)cc3)nn2)CC1)C(C)=O. The van der Waals surface area contributed by atoms with Crippen molar-refractivity contribution >= 4 is 17.6 Å². The van der Waals surface area contributed by atoms with Crippen LogP contribution >= 0.6 is 0 Å². The van der Waals surface area contributed by atoms with Crippen LogP contribution in [0.4, 0.5) is 10.2 Å². The molecular weight excluding hydrogens is 435 g/mol. The molecule has 0 atom stereocenters. The summed E-state index contributed by atoms with van der Waals surface area (Å²) in [6.07, 6.45) is 0.812. The maximum atomic E-state index is 13.2. The molecule has 2 aromatic rings. The van der Waals surface area contributed by atoms with Gasteiger partial charge in [-0.15, -0.1) is 10.2 Å². The molecule has 0 unspecified atom stereocenters. The first-order chi connectivity index (χ1) is 16.4. The van der Waals surface area contributed by atoms with Crippen LogP contribution in [0.1, 0.15) is 27.2 Å². The van der Waals surface area contributed by atoms with Crippen LogP contribution in [0.2, 0.25) is 0 Å². The molecular formula is C25H35FN6O2. The Kier molecular flexibility index (Phi) is 9.33. The van der Waals surface area contributed by atoms with E-state index in [1.807, 2.05) is 17.0 Å². The van der Waals surface area contributed by atoms with Crippen molar-refractivity contribution in [2.45, 2.75) is 27.2 Å². The number of carbonyl (C=O) groups excluding carboxylic acids is 2. The topological polar surface area (TPSA) is 72.9 Å². The van der Waals surface area contributed by atoms with E-state index in [9.17, 15) is 14.0 Å². The second-order valence-corrected chi connectivity index (χ2v) is 8.47. The van der Waals surface area contributed by atoms with Crippen molar-refractivity contribution in [1.29, 1.82) is 0 Å². The highest BCUT2D eigenvalue weighted by Crippen LogP contribution is 2.20. The molecule has 1 aromatic carbocycles. The monoisotopic (exact) mass is 470 g/mol. The maximum absolute atomic E-state index is 13.2. The van der Waals surface area contributed by atoms with Crippen molar-refractivity contribution in [1.82, 2.24) is 24.9 Å². The van der Waals surface area contributed by atoms with Crippen molar-refractivity contribution in [3.05, 3.63) is 42.2 Å². The Hall–Kier alpha value is -3.07. The minimum Gasteiger partial charge on any atom is -0.353 e. The molecule has 0 spiro atoms. The molecule has 0 saturated carbocycles. The molecule has 1 aromatic heterocycles. The summed E-state index contributed by atoms with van der Waals surface area (Å²) in [6.45, 7) is 11.6. The van der Waals surface area contributed by atoms with Gasteiger partial charge in [0.15, 0.2) is 5.82 Å². The Morgan fingerprint density at radius 1 is 0.941 bits per heavy atom. The molecule has 34 heavy (non-hydrogen) atoms. The number of benzene rings is 1. The molecule has 0 aliphatic carbocycles. The summed E-state index contributed by atoms with van der Waals surface area (Å²) in [7, 11) is 0.